The molecule has 0 heterocycles. The SMILES string of the molecule is CC(C)c1ccc(CC(O)CC2CCCCCC2)cc1. The van der Waals surface area contributed by atoms with E-state index in [0.29, 0.717) is 5.92 Å². The highest BCUT2D eigenvalue weighted by Gasteiger charge is 2.16. The average molecular weight is 274 g/mol. The van der Waals surface area contributed by atoms with Gasteiger partial charge in [-0.2, -0.15) is 0 Å². The van der Waals surface area contributed by atoms with Gasteiger partial charge in [-0.05, 0) is 35.8 Å². The molecule has 0 aliphatic heterocycles. The summed E-state index contributed by atoms with van der Waals surface area (Å²) in [5.41, 5.74) is 2.66. The van der Waals surface area contributed by atoms with E-state index in [9.17, 15) is 5.11 Å². The van der Waals surface area contributed by atoms with Crippen molar-refractivity contribution in [1.29, 1.82) is 0 Å². The topological polar surface area (TPSA) is 20.2 Å². The van der Waals surface area contributed by atoms with Crippen molar-refractivity contribution in [2.24, 2.45) is 5.92 Å². The standard InChI is InChI=1S/C19H30O/c1-15(2)18-11-9-17(10-12-18)14-19(20)13-16-7-5-3-4-6-8-16/h9-12,15-16,19-20H,3-8,13-14H2,1-2H3. The summed E-state index contributed by atoms with van der Waals surface area (Å²) in [4.78, 5) is 0. The minimum Gasteiger partial charge on any atom is -0.393 e. The predicted molar refractivity (Wildman–Crippen MR) is 86.1 cm³/mol. The molecule has 1 unspecified atom stereocenters. The molecule has 112 valence electrons. The van der Waals surface area contributed by atoms with Crippen molar-refractivity contribution < 1.29 is 5.11 Å². The fourth-order valence-corrected chi connectivity index (χ4v) is 3.38. The quantitative estimate of drug-likeness (QED) is 0.743. The maximum absolute atomic E-state index is 10.3. The summed E-state index contributed by atoms with van der Waals surface area (Å²) in [6.45, 7) is 4.44. The zero-order valence-electron chi connectivity index (χ0n) is 13.1. The Morgan fingerprint density at radius 1 is 1.00 bits per heavy atom. The van der Waals surface area contributed by atoms with Crippen molar-refractivity contribution in [3.8, 4) is 0 Å². The first-order valence-electron chi connectivity index (χ1n) is 8.42. The fourth-order valence-electron chi connectivity index (χ4n) is 3.38. The molecule has 0 amide bonds. The summed E-state index contributed by atoms with van der Waals surface area (Å²) < 4.78 is 0. The molecule has 1 fully saturated rings. The summed E-state index contributed by atoms with van der Waals surface area (Å²) in [7, 11) is 0. The third-order valence-corrected chi connectivity index (χ3v) is 4.70. The first-order valence-corrected chi connectivity index (χ1v) is 8.42. The van der Waals surface area contributed by atoms with Gasteiger partial charge in [0.2, 0.25) is 0 Å². The zero-order chi connectivity index (χ0) is 14.4. The molecule has 1 heteroatoms. The molecule has 1 nitrogen and oxygen atoms in total. The molecule has 20 heavy (non-hydrogen) atoms. The average Bonchev–Trinajstić information content (AvgIpc) is 2.68. The lowest BCUT2D eigenvalue weighted by molar-refractivity contribution is 0.137. The normalized spacial score (nSPS) is 19.0. The van der Waals surface area contributed by atoms with Crippen LogP contribution in [0.15, 0.2) is 24.3 Å². The smallest absolute Gasteiger partial charge is 0.0583 e. The Bertz CT molecular complexity index is 371. The first-order chi connectivity index (χ1) is 9.65. The van der Waals surface area contributed by atoms with Crippen molar-refractivity contribution in [1.82, 2.24) is 0 Å². The van der Waals surface area contributed by atoms with Gasteiger partial charge in [0.25, 0.3) is 0 Å². The summed E-state index contributed by atoms with van der Waals surface area (Å²) >= 11 is 0. The molecular weight excluding hydrogens is 244 g/mol. The Labute approximate surface area is 124 Å². The lowest BCUT2D eigenvalue weighted by Crippen LogP contribution is -2.16. The van der Waals surface area contributed by atoms with E-state index in [1.165, 1.54) is 49.7 Å². The number of hydrogen-bond donors (Lipinski definition) is 1. The zero-order valence-corrected chi connectivity index (χ0v) is 13.1. The van der Waals surface area contributed by atoms with Gasteiger partial charge in [-0.1, -0.05) is 76.6 Å². The molecule has 1 aliphatic carbocycles. The predicted octanol–water partition coefficient (Wildman–Crippen LogP) is 5.07. The van der Waals surface area contributed by atoms with Crippen LogP contribution in [0.3, 0.4) is 0 Å². The molecule has 1 N–H and O–H groups in total. The number of rotatable bonds is 5. The Hall–Kier alpha value is -0.820. The van der Waals surface area contributed by atoms with Crippen molar-refractivity contribution in [2.75, 3.05) is 0 Å². The Kier molecular flexibility index (Phi) is 6.09. The Morgan fingerprint density at radius 2 is 1.60 bits per heavy atom. The van der Waals surface area contributed by atoms with Crippen LogP contribution in [0.25, 0.3) is 0 Å². The van der Waals surface area contributed by atoms with E-state index < -0.39 is 0 Å². The van der Waals surface area contributed by atoms with E-state index in [2.05, 4.69) is 38.1 Å². The highest BCUT2D eigenvalue weighted by molar-refractivity contribution is 5.25. The monoisotopic (exact) mass is 274 g/mol. The summed E-state index contributed by atoms with van der Waals surface area (Å²) in [5, 5.41) is 10.3. The van der Waals surface area contributed by atoms with Gasteiger partial charge in [-0.25, -0.2) is 0 Å². The van der Waals surface area contributed by atoms with Crippen LogP contribution in [0.4, 0.5) is 0 Å². The largest absolute Gasteiger partial charge is 0.393 e. The number of hydrogen-bond acceptors (Lipinski definition) is 1. The van der Waals surface area contributed by atoms with Crippen molar-refractivity contribution in [3.63, 3.8) is 0 Å². The van der Waals surface area contributed by atoms with Crippen molar-refractivity contribution >= 4 is 0 Å². The number of benzene rings is 1. The summed E-state index contributed by atoms with van der Waals surface area (Å²) in [6, 6.07) is 8.79. The fraction of sp³-hybridized carbons (Fsp3) is 0.684. The molecule has 2 rings (SSSR count). The molecule has 0 radical (unpaired) electrons. The van der Waals surface area contributed by atoms with E-state index in [1.807, 2.05) is 0 Å². The molecule has 1 aliphatic rings. The van der Waals surface area contributed by atoms with Gasteiger partial charge in [0, 0.05) is 0 Å². The maximum Gasteiger partial charge on any atom is 0.0583 e. The maximum atomic E-state index is 10.3. The van der Waals surface area contributed by atoms with Gasteiger partial charge in [-0.3, -0.25) is 0 Å². The van der Waals surface area contributed by atoms with E-state index in [4.69, 9.17) is 0 Å². The van der Waals surface area contributed by atoms with Crippen LogP contribution in [0, 0.1) is 5.92 Å². The van der Waals surface area contributed by atoms with Crippen LogP contribution in [0.2, 0.25) is 0 Å². The van der Waals surface area contributed by atoms with Crippen molar-refractivity contribution in [2.45, 2.75) is 77.2 Å². The van der Waals surface area contributed by atoms with Crippen LogP contribution >= 0.6 is 0 Å². The van der Waals surface area contributed by atoms with Gasteiger partial charge in [0.1, 0.15) is 0 Å². The second-order valence-electron chi connectivity index (χ2n) is 6.85. The third kappa shape index (κ3) is 4.94. The van der Waals surface area contributed by atoms with Crippen molar-refractivity contribution in [3.05, 3.63) is 35.4 Å². The van der Waals surface area contributed by atoms with Gasteiger partial charge in [-0.15, -0.1) is 0 Å². The number of aliphatic hydroxyl groups excluding tert-OH is 1. The van der Waals surface area contributed by atoms with Crippen LogP contribution in [-0.2, 0) is 6.42 Å². The highest BCUT2D eigenvalue weighted by Crippen LogP contribution is 2.27. The molecular formula is C19H30O. The third-order valence-electron chi connectivity index (χ3n) is 4.70. The Balaban J connectivity index is 1.82. The second-order valence-corrected chi connectivity index (χ2v) is 6.85. The van der Waals surface area contributed by atoms with Crippen LogP contribution in [-0.4, -0.2) is 11.2 Å². The summed E-state index contributed by atoms with van der Waals surface area (Å²) in [5.74, 6) is 1.34. The Morgan fingerprint density at radius 3 is 2.15 bits per heavy atom. The van der Waals surface area contributed by atoms with Gasteiger partial charge >= 0.3 is 0 Å². The molecule has 0 spiro atoms. The molecule has 0 aromatic heterocycles. The molecule has 1 aromatic rings. The molecule has 1 saturated carbocycles. The van der Waals surface area contributed by atoms with E-state index >= 15 is 0 Å². The number of aliphatic hydroxyl groups is 1. The first kappa shape index (κ1) is 15.6. The van der Waals surface area contributed by atoms with Crippen LogP contribution < -0.4 is 0 Å². The van der Waals surface area contributed by atoms with Gasteiger partial charge in [0.15, 0.2) is 0 Å². The molecule has 1 aromatic carbocycles. The minimum absolute atomic E-state index is 0.164. The lowest BCUT2D eigenvalue weighted by atomic mass is 9.91. The summed E-state index contributed by atoms with van der Waals surface area (Å²) in [6.07, 6.45) is 9.80. The van der Waals surface area contributed by atoms with Crippen LogP contribution in [0.5, 0.6) is 0 Å². The second kappa shape index (κ2) is 7.83. The van der Waals surface area contributed by atoms with E-state index in [0.717, 1.165) is 18.8 Å². The van der Waals surface area contributed by atoms with Gasteiger partial charge in [0.05, 0.1) is 6.10 Å². The van der Waals surface area contributed by atoms with E-state index in [-0.39, 0.29) is 6.10 Å². The minimum atomic E-state index is -0.164. The molecule has 0 saturated heterocycles. The van der Waals surface area contributed by atoms with E-state index in [1.54, 1.807) is 0 Å². The molecule has 1 atom stereocenters. The van der Waals surface area contributed by atoms with Gasteiger partial charge < -0.3 is 5.11 Å². The molecule has 0 bridgehead atoms. The lowest BCUT2D eigenvalue weighted by Gasteiger charge is -2.18. The van der Waals surface area contributed by atoms with Crippen LogP contribution in [0.1, 0.15) is 75.8 Å². The highest BCUT2D eigenvalue weighted by atomic mass is 16.3.